The fourth-order valence-corrected chi connectivity index (χ4v) is 3.67. The number of nitrogens with zero attached hydrogens (tertiary/aromatic N) is 1. The number of nitrogens with one attached hydrogen (secondary N) is 1. The Bertz CT molecular complexity index is 1020. The smallest absolute Gasteiger partial charge is 0.260 e. The lowest BCUT2D eigenvalue weighted by molar-refractivity contribution is -0.132. The van der Waals surface area contributed by atoms with Gasteiger partial charge in [-0.15, -0.1) is 0 Å². The number of methoxy groups -OCH3 is 1. The van der Waals surface area contributed by atoms with Crippen LogP contribution in [0.4, 0.5) is 5.69 Å². The Morgan fingerprint density at radius 2 is 1.94 bits per heavy atom. The van der Waals surface area contributed by atoms with E-state index in [0.29, 0.717) is 33.5 Å². The highest BCUT2D eigenvalue weighted by atomic mass is 35.5. The summed E-state index contributed by atoms with van der Waals surface area (Å²) >= 11 is 6.33. The molecule has 2 aromatic carbocycles. The number of ether oxygens (including phenoxy) is 3. The van der Waals surface area contributed by atoms with Gasteiger partial charge < -0.3 is 24.4 Å². The van der Waals surface area contributed by atoms with E-state index < -0.39 is 0 Å². The second-order valence-corrected chi connectivity index (χ2v) is 8.33. The van der Waals surface area contributed by atoms with Gasteiger partial charge in [-0.1, -0.05) is 17.7 Å². The molecule has 8 heteroatoms. The van der Waals surface area contributed by atoms with Crippen molar-refractivity contribution in [3.8, 4) is 17.2 Å². The summed E-state index contributed by atoms with van der Waals surface area (Å²) in [5, 5.41) is 3.19. The van der Waals surface area contributed by atoms with Gasteiger partial charge in [0.1, 0.15) is 5.75 Å². The molecule has 1 aliphatic heterocycles. The SMILES string of the molecule is COc1cc(/C=C/C(=O)Nc2cccc(OCC(=O)N3CCCC3)c2)cc(Cl)c1OC(C)C. The Kier molecular flexibility index (Phi) is 8.60. The maximum absolute atomic E-state index is 12.4. The van der Waals surface area contributed by atoms with Crippen molar-refractivity contribution < 1.29 is 23.8 Å². The summed E-state index contributed by atoms with van der Waals surface area (Å²) in [6.07, 6.45) is 5.06. The van der Waals surface area contributed by atoms with Gasteiger partial charge >= 0.3 is 0 Å². The molecule has 1 N–H and O–H groups in total. The van der Waals surface area contributed by atoms with Crippen LogP contribution >= 0.6 is 11.6 Å². The van der Waals surface area contributed by atoms with E-state index in [1.807, 2.05) is 13.8 Å². The molecule has 1 saturated heterocycles. The van der Waals surface area contributed by atoms with E-state index in [1.54, 1.807) is 47.4 Å². The molecule has 2 aromatic rings. The van der Waals surface area contributed by atoms with Gasteiger partial charge in [-0.25, -0.2) is 0 Å². The van der Waals surface area contributed by atoms with Crippen LogP contribution in [0.25, 0.3) is 6.08 Å². The molecule has 0 saturated carbocycles. The fraction of sp³-hybridized carbons (Fsp3) is 0.360. The molecule has 0 unspecified atom stereocenters. The molecule has 0 atom stereocenters. The normalized spacial score (nSPS) is 13.4. The molecule has 2 amide bonds. The fourth-order valence-electron chi connectivity index (χ4n) is 3.41. The summed E-state index contributed by atoms with van der Waals surface area (Å²) in [6, 6.07) is 10.4. The molecule has 7 nitrogen and oxygen atoms in total. The number of benzene rings is 2. The average molecular weight is 473 g/mol. The first-order valence-corrected chi connectivity index (χ1v) is 11.3. The third-order valence-corrected chi connectivity index (χ3v) is 5.24. The largest absolute Gasteiger partial charge is 0.493 e. The van der Waals surface area contributed by atoms with E-state index in [2.05, 4.69) is 5.32 Å². The van der Waals surface area contributed by atoms with Crippen LogP contribution in [-0.2, 0) is 9.59 Å². The summed E-state index contributed by atoms with van der Waals surface area (Å²) in [5.41, 5.74) is 1.26. The van der Waals surface area contributed by atoms with Crippen LogP contribution in [0, 0.1) is 0 Å². The highest BCUT2D eigenvalue weighted by Crippen LogP contribution is 2.37. The van der Waals surface area contributed by atoms with Gasteiger partial charge in [0.2, 0.25) is 5.91 Å². The third kappa shape index (κ3) is 7.15. The van der Waals surface area contributed by atoms with Gasteiger partial charge in [-0.3, -0.25) is 9.59 Å². The van der Waals surface area contributed by atoms with Crippen molar-refractivity contribution in [2.75, 3.05) is 32.1 Å². The standard InChI is InChI=1S/C25H29ClN2O5/c1-17(2)33-25-21(26)13-18(14-22(25)31-3)9-10-23(29)27-19-7-6-8-20(15-19)32-16-24(30)28-11-4-5-12-28/h6-10,13-15,17H,4-5,11-12,16H2,1-3H3,(H,27,29)/b10-9+. The molecule has 176 valence electrons. The Labute approximate surface area is 199 Å². The van der Waals surface area contributed by atoms with Gasteiger partial charge in [-0.2, -0.15) is 0 Å². The Balaban J connectivity index is 1.59. The van der Waals surface area contributed by atoms with E-state index in [0.717, 1.165) is 25.9 Å². The van der Waals surface area contributed by atoms with Crippen LogP contribution in [-0.4, -0.2) is 49.6 Å². The zero-order valence-corrected chi connectivity index (χ0v) is 19.9. The summed E-state index contributed by atoms with van der Waals surface area (Å²) in [4.78, 5) is 26.3. The summed E-state index contributed by atoms with van der Waals surface area (Å²) in [5.74, 6) is 1.13. The van der Waals surface area contributed by atoms with Crippen LogP contribution in [0.15, 0.2) is 42.5 Å². The van der Waals surface area contributed by atoms with E-state index in [9.17, 15) is 9.59 Å². The highest BCUT2D eigenvalue weighted by molar-refractivity contribution is 6.32. The topological polar surface area (TPSA) is 77.1 Å². The molecule has 1 heterocycles. The number of hydrogen-bond donors (Lipinski definition) is 1. The van der Waals surface area contributed by atoms with E-state index in [4.69, 9.17) is 25.8 Å². The van der Waals surface area contributed by atoms with E-state index >= 15 is 0 Å². The maximum atomic E-state index is 12.4. The molecule has 0 bridgehead atoms. The number of likely N-dealkylation sites (tertiary alicyclic amines) is 1. The zero-order chi connectivity index (χ0) is 23.8. The van der Waals surface area contributed by atoms with Crippen LogP contribution in [0.5, 0.6) is 17.2 Å². The van der Waals surface area contributed by atoms with Crippen molar-refractivity contribution in [2.24, 2.45) is 0 Å². The molecule has 0 aromatic heterocycles. The van der Waals surface area contributed by atoms with Gasteiger partial charge in [-0.05, 0) is 62.6 Å². The summed E-state index contributed by atoms with van der Waals surface area (Å²) < 4.78 is 16.7. The molecule has 0 aliphatic carbocycles. The first-order valence-electron chi connectivity index (χ1n) is 10.9. The van der Waals surface area contributed by atoms with Crippen molar-refractivity contribution in [1.29, 1.82) is 0 Å². The number of amides is 2. The molecule has 1 aliphatic rings. The first kappa shape index (κ1) is 24.5. The van der Waals surface area contributed by atoms with Crippen molar-refractivity contribution in [3.63, 3.8) is 0 Å². The Morgan fingerprint density at radius 1 is 1.18 bits per heavy atom. The molecular weight excluding hydrogens is 444 g/mol. The number of halogens is 1. The predicted octanol–water partition coefficient (Wildman–Crippen LogP) is 4.79. The maximum Gasteiger partial charge on any atom is 0.260 e. The van der Waals surface area contributed by atoms with E-state index in [1.165, 1.54) is 13.2 Å². The molecule has 0 radical (unpaired) electrons. The molecular formula is C25H29ClN2O5. The van der Waals surface area contributed by atoms with Crippen LogP contribution < -0.4 is 19.5 Å². The lowest BCUT2D eigenvalue weighted by Crippen LogP contribution is -2.32. The van der Waals surface area contributed by atoms with Gasteiger partial charge in [0, 0.05) is 30.9 Å². The minimum Gasteiger partial charge on any atom is -0.493 e. The number of carbonyl (C=O) groups is 2. The molecule has 1 fully saturated rings. The number of carbonyl (C=O) groups excluding carboxylic acids is 2. The number of rotatable bonds is 9. The second kappa shape index (κ2) is 11.6. The summed E-state index contributed by atoms with van der Waals surface area (Å²) in [7, 11) is 1.53. The lowest BCUT2D eigenvalue weighted by atomic mass is 10.1. The van der Waals surface area contributed by atoms with Gasteiger partial charge in [0.15, 0.2) is 18.1 Å². The minimum absolute atomic E-state index is 0.0174. The molecule has 3 rings (SSSR count). The molecule has 33 heavy (non-hydrogen) atoms. The Hall–Kier alpha value is -3.19. The van der Waals surface area contributed by atoms with Gasteiger partial charge in [0.25, 0.3) is 5.91 Å². The van der Waals surface area contributed by atoms with Crippen molar-refractivity contribution in [2.45, 2.75) is 32.8 Å². The second-order valence-electron chi connectivity index (χ2n) is 7.93. The van der Waals surface area contributed by atoms with Crippen LogP contribution in [0.1, 0.15) is 32.3 Å². The van der Waals surface area contributed by atoms with Gasteiger partial charge in [0.05, 0.1) is 18.2 Å². The summed E-state index contributed by atoms with van der Waals surface area (Å²) in [6.45, 7) is 5.36. The molecule has 0 spiro atoms. The third-order valence-electron chi connectivity index (χ3n) is 4.96. The number of anilines is 1. The lowest BCUT2D eigenvalue weighted by Gasteiger charge is -2.16. The zero-order valence-electron chi connectivity index (χ0n) is 19.1. The first-order chi connectivity index (χ1) is 15.9. The van der Waals surface area contributed by atoms with Crippen molar-refractivity contribution in [3.05, 3.63) is 53.1 Å². The Morgan fingerprint density at radius 3 is 2.64 bits per heavy atom. The predicted molar refractivity (Wildman–Crippen MR) is 129 cm³/mol. The van der Waals surface area contributed by atoms with Crippen molar-refractivity contribution >= 4 is 35.2 Å². The van der Waals surface area contributed by atoms with Crippen LogP contribution in [0.3, 0.4) is 0 Å². The van der Waals surface area contributed by atoms with Crippen molar-refractivity contribution in [1.82, 2.24) is 4.90 Å². The number of hydrogen-bond acceptors (Lipinski definition) is 5. The quantitative estimate of drug-likeness (QED) is 0.531. The minimum atomic E-state index is -0.321. The van der Waals surface area contributed by atoms with Crippen LogP contribution in [0.2, 0.25) is 5.02 Å². The van der Waals surface area contributed by atoms with E-state index in [-0.39, 0.29) is 24.5 Å². The average Bonchev–Trinajstić information content (AvgIpc) is 3.32. The highest BCUT2D eigenvalue weighted by Gasteiger charge is 2.18. The monoisotopic (exact) mass is 472 g/mol.